The lowest BCUT2D eigenvalue weighted by Crippen LogP contribution is -2.26. The van der Waals surface area contributed by atoms with Crippen LogP contribution in [-0.4, -0.2) is 12.0 Å². The molecule has 2 aliphatic rings. The van der Waals surface area contributed by atoms with E-state index in [1.165, 1.54) is 28.4 Å². The first-order chi connectivity index (χ1) is 9.13. The van der Waals surface area contributed by atoms with E-state index in [0.717, 1.165) is 37.5 Å². The van der Waals surface area contributed by atoms with Crippen molar-refractivity contribution in [3.8, 4) is 5.75 Å². The fourth-order valence-corrected chi connectivity index (χ4v) is 4.32. The quantitative estimate of drug-likeness (QED) is 0.689. The third-order valence-electron chi connectivity index (χ3n) is 4.46. The van der Waals surface area contributed by atoms with Gasteiger partial charge in [-0.1, -0.05) is 22.9 Å². The molecule has 1 aliphatic heterocycles. The molecule has 1 aromatic rings. The summed E-state index contributed by atoms with van der Waals surface area (Å²) in [6.45, 7) is 3.17. The van der Waals surface area contributed by atoms with E-state index in [-0.39, 0.29) is 0 Å². The van der Waals surface area contributed by atoms with Crippen LogP contribution in [0.5, 0.6) is 5.75 Å². The molecule has 1 aromatic carbocycles. The Hall–Kier alpha value is -0.210. The van der Waals surface area contributed by atoms with Gasteiger partial charge in [-0.3, -0.25) is 0 Å². The average molecular weight is 344 g/mol. The van der Waals surface area contributed by atoms with Crippen LogP contribution in [0, 0.1) is 11.8 Å². The molecule has 0 amide bonds. The summed E-state index contributed by atoms with van der Waals surface area (Å²) in [6.07, 6.45) is 5.77. The van der Waals surface area contributed by atoms with Crippen LogP contribution < -0.4 is 4.74 Å². The highest BCUT2D eigenvalue weighted by Crippen LogP contribution is 2.39. The Kier molecular flexibility index (Phi) is 4.09. The van der Waals surface area contributed by atoms with Gasteiger partial charge >= 0.3 is 0 Å². The van der Waals surface area contributed by atoms with Gasteiger partial charge in [0.05, 0.1) is 6.61 Å². The third-order valence-corrected chi connectivity index (χ3v) is 5.49. The van der Waals surface area contributed by atoms with Crippen LogP contribution in [0.25, 0.3) is 0 Å². The fourth-order valence-electron chi connectivity index (χ4n) is 3.45. The van der Waals surface area contributed by atoms with E-state index >= 15 is 0 Å². The number of benzene rings is 1. The fraction of sp³-hybridized carbons (Fsp3) is 0.625. The molecular formula is C16H20BrClO. The molecule has 0 bridgehead atoms. The molecule has 19 heavy (non-hydrogen) atoms. The van der Waals surface area contributed by atoms with Crippen LogP contribution in [0.4, 0.5) is 0 Å². The number of hydrogen-bond donors (Lipinski definition) is 0. The van der Waals surface area contributed by atoms with Gasteiger partial charge in [0.1, 0.15) is 5.75 Å². The lowest BCUT2D eigenvalue weighted by Gasteiger charge is -2.31. The van der Waals surface area contributed by atoms with Crippen molar-refractivity contribution in [3.63, 3.8) is 0 Å². The summed E-state index contributed by atoms with van der Waals surface area (Å²) in [6, 6.07) is 4.40. The second-order valence-electron chi connectivity index (χ2n) is 6.05. The monoisotopic (exact) mass is 342 g/mol. The Balaban J connectivity index is 1.83. The number of hydrogen-bond acceptors (Lipinski definition) is 1. The van der Waals surface area contributed by atoms with Gasteiger partial charge in [-0.15, -0.1) is 11.6 Å². The maximum absolute atomic E-state index is 6.54. The maximum atomic E-state index is 6.54. The highest BCUT2D eigenvalue weighted by atomic mass is 79.9. The zero-order chi connectivity index (χ0) is 13.4. The van der Waals surface area contributed by atoms with Crippen LogP contribution in [0.2, 0.25) is 0 Å². The van der Waals surface area contributed by atoms with Crippen LogP contribution in [0.3, 0.4) is 0 Å². The molecular weight excluding hydrogens is 324 g/mol. The second kappa shape index (κ2) is 5.65. The highest BCUT2D eigenvalue weighted by molar-refractivity contribution is 9.10. The molecule has 0 spiro atoms. The van der Waals surface area contributed by atoms with Crippen molar-refractivity contribution >= 4 is 27.5 Å². The Morgan fingerprint density at radius 2 is 2.21 bits per heavy atom. The van der Waals surface area contributed by atoms with E-state index < -0.39 is 0 Å². The van der Waals surface area contributed by atoms with E-state index in [1.54, 1.807) is 0 Å². The van der Waals surface area contributed by atoms with Gasteiger partial charge in [0.2, 0.25) is 0 Å². The predicted molar refractivity (Wildman–Crippen MR) is 83.2 cm³/mol. The molecule has 3 unspecified atom stereocenters. The van der Waals surface area contributed by atoms with E-state index in [4.69, 9.17) is 16.3 Å². The minimum absolute atomic E-state index is 0.326. The molecule has 0 saturated heterocycles. The highest BCUT2D eigenvalue weighted by Gasteiger charge is 2.29. The summed E-state index contributed by atoms with van der Waals surface area (Å²) in [5, 5.41) is 0.326. The Labute approximate surface area is 128 Å². The normalized spacial score (nSPS) is 29.9. The summed E-state index contributed by atoms with van der Waals surface area (Å²) >= 11 is 10.2. The molecule has 3 atom stereocenters. The average Bonchev–Trinajstić information content (AvgIpc) is 2.82. The van der Waals surface area contributed by atoms with Crippen molar-refractivity contribution in [2.75, 3.05) is 6.61 Å². The molecule has 1 fully saturated rings. The minimum atomic E-state index is 0.326. The van der Waals surface area contributed by atoms with Gasteiger partial charge < -0.3 is 4.74 Å². The smallest absolute Gasteiger partial charge is 0.125 e. The summed E-state index contributed by atoms with van der Waals surface area (Å²) in [5.74, 6) is 2.53. The molecule has 104 valence electrons. The number of fused-ring (bicyclic) bond motifs is 1. The molecule has 0 radical (unpaired) electrons. The van der Waals surface area contributed by atoms with Gasteiger partial charge in [0.25, 0.3) is 0 Å². The molecule has 0 N–H and O–H groups in total. The summed E-state index contributed by atoms with van der Waals surface area (Å²) in [4.78, 5) is 0. The molecule has 1 saturated carbocycles. The zero-order valence-electron chi connectivity index (χ0n) is 11.3. The largest absolute Gasteiger partial charge is 0.493 e. The van der Waals surface area contributed by atoms with Crippen molar-refractivity contribution in [1.29, 1.82) is 0 Å². The topological polar surface area (TPSA) is 9.23 Å². The predicted octanol–water partition coefficient (Wildman–Crippen LogP) is 4.97. The van der Waals surface area contributed by atoms with Gasteiger partial charge in [0.15, 0.2) is 0 Å². The van der Waals surface area contributed by atoms with Gasteiger partial charge in [-0.05, 0) is 60.8 Å². The lowest BCUT2D eigenvalue weighted by atomic mass is 9.79. The maximum Gasteiger partial charge on any atom is 0.125 e. The second-order valence-corrected chi connectivity index (χ2v) is 7.53. The van der Waals surface area contributed by atoms with Crippen LogP contribution in [0.1, 0.15) is 37.3 Å². The first-order valence-corrected chi connectivity index (χ1v) is 8.44. The molecule has 1 heterocycles. The van der Waals surface area contributed by atoms with Crippen molar-refractivity contribution in [2.45, 2.75) is 44.4 Å². The van der Waals surface area contributed by atoms with E-state index in [1.807, 2.05) is 0 Å². The van der Waals surface area contributed by atoms with Crippen LogP contribution >= 0.6 is 27.5 Å². The van der Waals surface area contributed by atoms with Gasteiger partial charge in [0, 0.05) is 16.3 Å². The van der Waals surface area contributed by atoms with Gasteiger partial charge in [-0.2, -0.15) is 0 Å². The van der Waals surface area contributed by atoms with Crippen LogP contribution in [-0.2, 0) is 12.8 Å². The van der Waals surface area contributed by atoms with Crippen molar-refractivity contribution in [1.82, 2.24) is 0 Å². The molecule has 0 aromatic heterocycles. The molecule has 1 nitrogen and oxygen atoms in total. The van der Waals surface area contributed by atoms with E-state index in [9.17, 15) is 0 Å². The summed E-state index contributed by atoms with van der Waals surface area (Å²) < 4.78 is 6.99. The summed E-state index contributed by atoms with van der Waals surface area (Å²) in [7, 11) is 0. The van der Waals surface area contributed by atoms with E-state index in [2.05, 4.69) is 35.0 Å². The number of halogens is 2. The van der Waals surface area contributed by atoms with Crippen molar-refractivity contribution in [2.24, 2.45) is 11.8 Å². The third kappa shape index (κ3) is 2.95. The lowest BCUT2D eigenvalue weighted by molar-refractivity contribution is 0.283. The zero-order valence-corrected chi connectivity index (χ0v) is 13.6. The number of alkyl halides is 1. The Bertz CT molecular complexity index is 474. The van der Waals surface area contributed by atoms with Crippen molar-refractivity contribution in [3.05, 3.63) is 27.7 Å². The number of ether oxygens (including phenoxy) is 1. The SMILES string of the molecule is CC1CCC(Cl)C(Cc2cc(Br)cc3c2OCC3)C1. The van der Waals surface area contributed by atoms with E-state index in [0.29, 0.717) is 11.3 Å². The van der Waals surface area contributed by atoms with Crippen LogP contribution in [0.15, 0.2) is 16.6 Å². The van der Waals surface area contributed by atoms with Gasteiger partial charge in [-0.25, -0.2) is 0 Å². The summed E-state index contributed by atoms with van der Waals surface area (Å²) in [5.41, 5.74) is 2.69. The molecule has 3 heteroatoms. The first kappa shape index (κ1) is 13.8. The Morgan fingerprint density at radius 3 is 3.05 bits per heavy atom. The molecule has 1 aliphatic carbocycles. The number of rotatable bonds is 2. The Morgan fingerprint density at radius 1 is 1.37 bits per heavy atom. The minimum Gasteiger partial charge on any atom is -0.493 e. The van der Waals surface area contributed by atoms with Crippen molar-refractivity contribution < 1.29 is 4.74 Å². The molecule has 3 rings (SSSR count). The first-order valence-electron chi connectivity index (χ1n) is 7.21. The standard InChI is InChI=1S/C16H20BrClO/c1-10-2-3-15(18)12(6-10)7-13-9-14(17)8-11-4-5-19-16(11)13/h8-10,12,15H,2-7H2,1H3.